The Bertz CT molecular complexity index is 482. The van der Waals surface area contributed by atoms with Crippen LogP contribution >= 0.6 is 0 Å². The molecule has 4 heteroatoms. The van der Waals surface area contributed by atoms with Gasteiger partial charge >= 0.3 is 0 Å². The monoisotopic (exact) mass is 263 g/mol. The van der Waals surface area contributed by atoms with Crippen LogP contribution in [-0.2, 0) is 0 Å². The average molecular weight is 263 g/mol. The fraction of sp³-hybridized carbons (Fsp3) is 0.533. The zero-order valence-electron chi connectivity index (χ0n) is 11.5. The van der Waals surface area contributed by atoms with Gasteiger partial charge in [0.15, 0.2) is 0 Å². The van der Waals surface area contributed by atoms with Crippen molar-refractivity contribution < 1.29 is 15.0 Å². The second-order valence-electron chi connectivity index (χ2n) is 5.64. The number of nitrogens with zero attached hydrogens (tertiary/aromatic N) is 1. The minimum absolute atomic E-state index is 0.0759. The Morgan fingerprint density at radius 3 is 2.74 bits per heavy atom. The quantitative estimate of drug-likeness (QED) is 0.815. The Morgan fingerprint density at radius 1 is 1.32 bits per heavy atom. The van der Waals surface area contributed by atoms with E-state index in [1.165, 1.54) is 6.07 Å². The van der Waals surface area contributed by atoms with Gasteiger partial charge in [-0.1, -0.05) is 6.07 Å². The van der Waals surface area contributed by atoms with E-state index in [4.69, 9.17) is 0 Å². The van der Waals surface area contributed by atoms with E-state index in [1.807, 2.05) is 6.92 Å². The summed E-state index contributed by atoms with van der Waals surface area (Å²) in [5, 5.41) is 19.7. The van der Waals surface area contributed by atoms with Crippen LogP contribution in [0, 0.1) is 6.92 Å². The SMILES string of the molecule is Cc1ccc(C(=O)N2CCCC(C)(O)CC2)cc1O. The molecular formula is C15H21NO3. The molecule has 0 radical (unpaired) electrons. The van der Waals surface area contributed by atoms with E-state index >= 15 is 0 Å². The highest BCUT2D eigenvalue weighted by atomic mass is 16.3. The molecule has 1 saturated heterocycles. The summed E-state index contributed by atoms with van der Waals surface area (Å²) in [5.74, 6) is 0.0701. The van der Waals surface area contributed by atoms with Gasteiger partial charge < -0.3 is 15.1 Å². The fourth-order valence-electron chi connectivity index (χ4n) is 2.39. The lowest BCUT2D eigenvalue weighted by Crippen LogP contribution is -2.33. The largest absolute Gasteiger partial charge is 0.508 e. The summed E-state index contributed by atoms with van der Waals surface area (Å²) in [6, 6.07) is 5.00. The van der Waals surface area contributed by atoms with Crippen molar-refractivity contribution in [2.75, 3.05) is 13.1 Å². The Balaban J connectivity index is 2.13. The number of rotatable bonds is 1. The van der Waals surface area contributed by atoms with Gasteiger partial charge in [-0.15, -0.1) is 0 Å². The van der Waals surface area contributed by atoms with Gasteiger partial charge in [0.05, 0.1) is 5.60 Å². The third kappa shape index (κ3) is 3.26. The molecule has 1 aliphatic heterocycles. The van der Waals surface area contributed by atoms with Crippen LogP contribution in [0.1, 0.15) is 42.1 Å². The van der Waals surface area contributed by atoms with Gasteiger partial charge in [-0.2, -0.15) is 0 Å². The molecule has 0 aromatic heterocycles. The number of benzene rings is 1. The maximum Gasteiger partial charge on any atom is 0.253 e. The summed E-state index contributed by atoms with van der Waals surface area (Å²) in [6.45, 7) is 4.83. The van der Waals surface area contributed by atoms with Crippen LogP contribution in [0.4, 0.5) is 0 Å². The third-order valence-electron chi connectivity index (χ3n) is 3.81. The molecular weight excluding hydrogens is 242 g/mol. The average Bonchev–Trinajstić information content (AvgIpc) is 2.53. The first-order chi connectivity index (χ1) is 8.89. The topological polar surface area (TPSA) is 60.8 Å². The molecule has 0 spiro atoms. The van der Waals surface area contributed by atoms with Crippen molar-refractivity contribution in [3.63, 3.8) is 0 Å². The number of hydrogen-bond donors (Lipinski definition) is 2. The number of amides is 1. The predicted molar refractivity (Wildman–Crippen MR) is 73.2 cm³/mol. The third-order valence-corrected chi connectivity index (χ3v) is 3.81. The van der Waals surface area contributed by atoms with E-state index in [2.05, 4.69) is 0 Å². The first kappa shape index (κ1) is 13.9. The van der Waals surface area contributed by atoms with Gasteiger partial charge in [0, 0.05) is 18.7 Å². The number of carbonyl (C=O) groups excluding carboxylic acids is 1. The highest BCUT2D eigenvalue weighted by Crippen LogP contribution is 2.24. The molecule has 1 aromatic carbocycles. The van der Waals surface area contributed by atoms with E-state index in [1.54, 1.807) is 24.0 Å². The highest BCUT2D eigenvalue weighted by Gasteiger charge is 2.27. The smallest absolute Gasteiger partial charge is 0.253 e. The number of aryl methyl sites for hydroxylation is 1. The van der Waals surface area contributed by atoms with E-state index < -0.39 is 5.60 Å². The van der Waals surface area contributed by atoms with E-state index in [0.29, 0.717) is 25.1 Å². The summed E-state index contributed by atoms with van der Waals surface area (Å²) >= 11 is 0. The number of likely N-dealkylation sites (tertiary alicyclic amines) is 1. The summed E-state index contributed by atoms with van der Waals surface area (Å²) in [7, 11) is 0. The zero-order valence-corrected chi connectivity index (χ0v) is 11.5. The number of phenolic OH excluding ortho intramolecular Hbond substituents is 1. The number of phenols is 1. The summed E-state index contributed by atoms with van der Waals surface area (Å²) in [5.41, 5.74) is 0.588. The highest BCUT2D eigenvalue weighted by molar-refractivity contribution is 5.94. The van der Waals surface area contributed by atoms with Crippen LogP contribution < -0.4 is 0 Å². The molecule has 1 atom stereocenters. The van der Waals surface area contributed by atoms with Crippen LogP contribution in [0.25, 0.3) is 0 Å². The van der Waals surface area contributed by atoms with Crippen molar-refractivity contribution >= 4 is 5.91 Å². The molecule has 1 amide bonds. The molecule has 1 aromatic rings. The minimum Gasteiger partial charge on any atom is -0.508 e. The van der Waals surface area contributed by atoms with Crippen molar-refractivity contribution in [3.8, 4) is 5.75 Å². The van der Waals surface area contributed by atoms with Crippen molar-refractivity contribution in [3.05, 3.63) is 29.3 Å². The minimum atomic E-state index is -0.676. The van der Waals surface area contributed by atoms with E-state index in [9.17, 15) is 15.0 Å². The second kappa shape index (κ2) is 5.21. The molecule has 0 saturated carbocycles. The second-order valence-corrected chi connectivity index (χ2v) is 5.64. The number of hydrogen-bond acceptors (Lipinski definition) is 3. The Morgan fingerprint density at radius 2 is 2.05 bits per heavy atom. The van der Waals surface area contributed by atoms with Crippen molar-refractivity contribution in [2.24, 2.45) is 0 Å². The Hall–Kier alpha value is -1.55. The van der Waals surface area contributed by atoms with Gasteiger partial charge in [-0.3, -0.25) is 4.79 Å². The molecule has 0 aliphatic carbocycles. The van der Waals surface area contributed by atoms with Gasteiger partial charge in [0.1, 0.15) is 5.75 Å². The van der Waals surface area contributed by atoms with Crippen LogP contribution in [0.2, 0.25) is 0 Å². The molecule has 2 rings (SSSR count). The van der Waals surface area contributed by atoms with Crippen LogP contribution in [-0.4, -0.2) is 39.7 Å². The van der Waals surface area contributed by atoms with Crippen molar-refractivity contribution in [2.45, 2.75) is 38.7 Å². The molecule has 4 nitrogen and oxygen atoms in total. The molecule has 2 N–H and O–H groups in total. The molecule has 19 heavy (non-hydrogen) atoms. The zero-order chi connectivity index (χ0) is 14.0. The molecule has 1 aliphatic rings. The van der Waals surface area contributed by atoms with Gasteiger partial charge in [0.2, 0.25) is 0 Å². The van der Waals surface area contributed by atoms with Crippen LogP contribution in [0.5, 0.6) is 5.75 Å². The first-order valence-electron chi connectivity index (χ1n) is 6.70. The fourth-order valence-corrected chi connectivity index (χ4v) is 2.39. The lowest BCUT2D eigenvalue weighted by Gasteiger charge is -2.22. The summed E-state index contributed by atoms with van der Waals surface area (Å²) < 4.78 is 0. The maximum atomic E-state index is 12.4. The summed E-state index contributed by atoms with van der Waals surface area (Å²) in [6.07, 6.45) is 2.11. The Kier molecular flexibility index (Phi) is 3.80. The molecule has 1 heterocycles. The molecule has 1 fully saturated rings. The predicted octanol–water partition coefficient (Wildman–Crippen LogP) is 2.08. The molecule has 0 bridgehead atoms. The number of aliphatic hydroxyl groups is 1. The van der Waals surface area contributed by atoms with E-state index in [0.717, 1.165) is 18.4 Å². The van der Waals surface area contributed by atoms with Crippen LogP contribution in [0.3, 0.4) is 0 Å². The number of aromatic hydroxyl groups is 1. The molecule has 104 valence electrons. The molecule has 1 unspecified atom stereocenters. The van der Waals surface area contributed by atoms with Gasteiger partial charge in [-0.05, 0) is 50.8 Å². The normalized spacial score (nSPS) is 24.1. The van der Waals surface area contributed by atoms with Crippen molar-refractivity contribution in [1.82, 2.24) is 4.90 Å². The lowest BCUT2D eigenvalue weighted by atomic mass is 9.98. The summed E-state index contributed by atoms with van der Waals surface area (Å²) in [4.78, 5) is 14.1. The van der Waals surface area contributed by atoms with Gasteiger partial charge in [-0.25, -0.2) is 0 Å². The first-order valence-corrected chi connectivity index (χ1v) is 6.70. The van der Waals surface area contributed by atoms with Crippen LogP contribution in [0.15, 0.2) is 18.2 Å². The Labute approximate surface area is 113 Å². The number of carbonyl (C=O) groups is 1. The van der Waals surface area contributed by atoms with Crippen molar-refractivity contribution in [1.29, 1.82) is 0 Å². The lowest BCUT2D eigenvalue weighted by molar-refractivity contribution is 0.0438. The van der Waals surface area contributed by atoms with E-state index in [-0.39, 0.29) is 11.7 Å². The van der Waals surface area contributed by atoms with Gasteiger partial charge in [0.25, 0.3) is 5.91 Å². The standard InChI is InChI=1S/C15H21NO3/c1-11-4-5-12(10-13(11)17)14(18)16-8-3-6-15(2,19)7-9-16/h4-5,10,17,19H,3,6-9H2,1-2H3. The maximum absolute atomic E-state index is 12.4.